The van der Waals surface area contributed by atoms with Crippen LogP contribution in [0.4, 0.5) is 0 Å². The van der Waals surface area contributed by atoms with Gasteiger partial charge in [-0.2, -0.15) is 0 Å². The van der Waals surface area contributed by atoms with Crippen molar-refractivity contribution in [3.63, 3.8) is 0 Å². The highest BCUT2D eigenvalue weighted by Crippen LogP contribution is 2.39. The quantitative estimate of drug-likeness (QED) is 0.528. The van der Waals surface area contributed by atoms with Gasteiger partial charge in [-0.3, -0.25) is 15.0 Å². The SMILES string of the molecule is COc1ccc([C@@H]2[C@@H]([N+](=O)[O-])CC=C(C)N2OCc2ccccc2)cc1OC. The van der Waals surface area contributed by atoms with E-state index in [-0.39, 0.29) is 4.92 Å². The average Bonchev–Trinajstić information content (AvgIpc) is 2.72. The minimum absolute atomic E-state index is 0.247. The second-order valence-corrected chi connectivity index (χ2v) is 6.58. The fourth-order valence-electron chi connectivity index (χ4n) is 3.38. The van der Waals surface area contributed by atoms with Crippen molar-refractivity contribution in [3.8, 4) is 11.5 Å². The summed E-state index contributed by atoms with van der Waals surface area (Å²) in [6.45, 7) is 2.22. The highest BCUT2D eigenvalue weighted by molar-refractivity contribution is 5.44. The lowest BCUT2D eigenvalue weighted by molar-refractivity contribution is -0.537. The summed E-state index contributed by atoms with van der Waals surface area (Å²) in [7, 11) is 3.10. The van der Waals surface area contributed by atoms with Crippen LogP contribution < -0.4 is 9.47 Å². The summed E-state index contributed by atoms with van der Waals surface area (Å²) in [5, 5.41) is 13.4. The fourth-order valence-corrected chi connectivity index (χ4v) is 3.38. The van der Waals surface area contributed by atoms with Crippen LogP contribution in [-0.4, -0.2) is 30.2 Å². The zero-order valence-electron chi connectivity index (χ0n) is 16.2. The average molecular weight is 384 g/mol. The normalized spacial score (nSPS) is 19.1. The van der Waals surface area contributed by atoms with E-state index in [4.69, 9.17) is 14.3 Å². The van der Waals surface area contributed by atoms with Gasteiger partial charge in [0.15, 0.2) is 11.5 Å². The first-order chi connectivity index (χ1) is 13.5. The summed E-state index contributed by atoms with van der Waals surface area (Å²) in [6, 6.07) is 13.7. The number of methoxy groups -OCH3 is 2. The summed E-state index contributed by atoms with van der Waals surface area (Å²) in [5.74, 6) is 1.10. The molecule has 0 saturated carbocycles. The fraction of sp³-hybridized carbons (Fsp3) is 0.333. The molecule has 0 radical (unpaired) electrons. The van der Waals surface area contributed by atoms with Gasteiger partial charge in [-0.15, -0.1) is 0 Å². The maximum absolute atomic E-state index is 11.8. The van der Waals surface area contributed by atoms with Gasteiger partial charge in [0.1, 0.15) is 6.04 Å². The number of hydrogen-bond donors (Lipinski definition) is 0. The van der Waals surface area contributed by atoms with Crippen LogP contribution in [0.1, 0.15) is 30.5 Å². The smallest absolute Gasteiger partial charge is 0.243 e. The lowest BCUT2D eigenvalue weighted by Gasteiger charge is -2.37. The van der Waals surface area contributed by atoms with Crippen molar-refractivity contribution >= 4 is 0 Å². The molecule has 0 unspecified atom stereocenters. The third-order valence-electron chi connectivity index (χ3n) is 4.85. The van der Waals surface area contributed by atoms with Crippen LogP contribution in [0.25, 0.3) is 0 Å². The van der Waals surface area contributed by atoms with Crippen molar-refractivity contribution in [2.24, 2.45) is 0 Å². The Hall–Kier alpha value is -3.06. The number of ether oxygens (including phenoxy) is 2. The Kier molecular flexibility index (Phi) is 6.16. The van der Waals surface area contributed by atoms with Crippen LogP contribution >= 0.6 is 0 Å². The number of rotatable bonds is 7. The van der Waals surface area contributed by atoms with E-state index in [0.717, 1.165) is 16.8 Å². The predicted octanol–water partition coefficient (Wildman–Crippen LogP) is 4.13. The maximum Gasteiger partial charge on any atom is 0.243 e. The van der Waals surface area contributed by atoms with Crippen molar-refractivity contribution in [1.29, 1.82) is 0 Å². The predicted molar refractivity (Wildman–Crippen MR) is 105 cm³/mol. The summed E-state index contributed by atoms with van der Waals surface area (Å²) in [5.41, 5.74) is 2.57. The third-order valence-corrected chi connectivity index (χ3v) is 4.85. The summed E-state index contributed by atoms with van der Waals surface area (Å²) in [4.78, 5) is 17.6. The van der Waals surface area contributed by atoms with E-state index in [9.17, 15) is 10.1 Å². The van der Waals surface area contributed by atoms with Gasteiger partial charge in [0.05, 0.1) is 20.8 Å². The van der Waals surface area contributed by atoms with Gasteiger partial charge in [-0.25, -0.2) is 5.06 Å². The first-order valence-electron chi connectivity index (χ1n) is 9.03. The Morgan fingerprint density at radius 3 is 2.46 bits per heavy atom. The molecule has 7 heteroatoms. The number of allylic oxidation sites excluding steroid dienone is 1. The van der Waals surface area contributed by atoms with Gasteiger partial charge in [0, 0.05) is 17.0 Å². The molecule has 1 aliphatic heterocycles. The second kappa shape index (κ2) is 8.75. The van der Waals surface area contributed by atoms with Crippen LogP contribution in [0.15, 0.2) is 60.3 Å². The Morgan fingerprint density at radius 1 is 1.11 bits per heavy atom. The molecule has 2 atom stereocenters. The molecule has 1 heterocycles. The molecule has 2 aromatic rings. The Labute approximate surface area is 164 Å². The maximum atomic E-state index is 11.8. The molecule has 7 nitrogen and oxygen atoms in total. The van der Waals surface area contributed by atoms with Crippen molar-refractivity contribution in [2.45, 2.75) is 32.0 Å². The molecule has 0 aliphatic carbocycles. The molecule has 148 valence electrons. The van der Waals surface area contributed by atoms with E-state index in [2.05, 4.69) is 0 Å². The molecule has 0 bridgehead atoms. The van der Waals surface area contributed by atoms with Gasteiger partial charge < -0.3 is 9.47 Å². The van der Waals surface area contributed by atoms with Gasteiger partial charge in [-0.1, -0.05) is 42.5 Å². The summed E-state index contributed by atoms with van der Waals surface area (Å²) < 4.78 is 10.7. The monoisotopic (exact) mass is 384 g/mol. The highest BCUT2D eigenvalue weighted by Gasteiger charge is 2.41. The highest BCUT2D eigenvalue weighted by atomic mass is 16.7. The van der Waals surface area contributed by atoms with Gasteiger partial charge >= 0.3 is 0 Å². The van der Waals surface area contributed by atoms with Crippen LogP contribution in [0, 0.1) is 10.1 Å². The molecule has 0 spiro atoms. The first kappa shape index (κ1) is 19.7. The summed E-state index contributed by atoms with van der Waals surface area (Å²) >= 11 is 0. The van der Waals surface area contributed by atoms with Gasteiger partial charge in [0.25, 0.3) is 0 Å². The van der Waals surface area contributed by atoms with Crippen molar-refractivity contribution in [3.05, 3.63) is 81.5 Å². The van der Waals surface area contributed by atoms with Crippen LogP contribution in [0.2, 0.25) is 0 Å². The number of nitro groups is 1. The summed E-state index contributed by atoms with van der Waals surface area (Å²) in [6.07, 6.45) is 2.18. The topological polar surface area (TPSA) is 74.1 Å². The molecule has 0 N–H and O–H groups in total. The van der Waals surface area contributed by atoms with Gasteiger partial charge in [0.2, 0.25) is 6.04 Å². The van der Waals surface area contributed by atoms with Crippen LogP contribution in [0.3, 0.4) is 0 Å². The van der Waals surface area contributed by atoms with Gasteiger partial charge in [-0.05, 0) is 30.2 Å². The molecule has 0 fully saturated rings. The standard InChI is InChI=1S/C21H24N2O5/c1-15-9-11-18(23(24)25)21(17-10-12-19(26-2)20(13-17)27-3)22(15)28-14-16-7-5-4-6-8-16/h4-10,12-13,18,21H,11,14H2,1-3H3/t18-,21+/m0/s1. The number of benzene rings is 2. The van der Waals surface area contributed by atoms with Crippen LogP contribution in [0.5, 0.6) is 11.5 Å². The number of nitrogens with zero attached hydrogens (tertiary/aromatic N) is 2. The van der Waals surface area contributed by atoms with Crippen molar-refractivity contribution in [2.75, 3.05) is 14.2 Å². The lowest BCUT2D eigenvalue weighted by atomic mass is 9.93. The molecule has 0 amide bonds. The Balaban J connectivity index is 1.96. The van der Waals surface area contributed by atoms with E-state index >= 15 is 0 Å². The molecule has 28 heavy (non-hydrogen) atoms. The largest absolute Gasteiger partial charge is 0.493 e. The van der Waals surface area contributed by atoms with Crippen molar-refractivity contribution in [1.82, 2.24) is 5.06 Å². The Morgan fingerprint density at radius 2 is 1.82 bits per heavy atom. The van der Waals surface area contributed by atoms with Crippen LogP contribution in [-0.2, 0) is 11.4 Å². The van der Waals surface area contributed by atoms with E-state index in [1.807, 2.05) is 49.4 Å². The lowest BCUT2D eigenvalue weighted by Crippen LogP contribution is -2.42. The molecule has 3 rings (SSSR count). The zero-order valence-corrected chi connectivity index (χ0v) is 16.2. The number of hydrogen-bond acceptors (Lipinski definition) is 6. The Bertz CT molecular complexity index is 853. The minimum atomic E-state index is -0.836. The molecule has 0 saturated heterocycles. The molecule has 1 aliphatic rings. The first-order valence-corrected chi connectivity index (χ1v) is 9.03. The molecular weight excluding hydrogens is 360 g/mol. The van der Waals surface area contributed by atoms with E-state index in [1.165, 1.54) is 0 Å². The zero-order chi connectivity index (χ0) is 20.1. The second-order valence-electron chi connectivity index (χ2n) is 6.58. The van der Waals surface area contributed by atoms with E-state index in [0.29, 0.717) is 24.5 Å². The third kappa shape index (κ3) is 4.09. The number of hydroxylamine groups is 2. The van der Waals surface area contributed by atoms with E-state index < -0.39 is 12.1 Å². The van der Waals surface area contributed by atoms with E-state index in [1.54, 1.807) is 31.4 Å². The molecular formula is C21H24N2O5. The molecule has 2 aromatic carbocycles. The minimum Gasteiger partial charge on any atom is -0.493 e. The molecule has 0 aromatic heterocycles. The van der Waals surface area contributed by atoms with Crippen molar-refractivity contribution < 1.29 is 19.2 Å².